The molecular formula is C12H23NO3. The van der Waals surface area contributed by atoms with E-state index in [2.05, 4.69) is 9.68 Å². The van der Waals surface area contributed by atoms with Gasteiger partial charge in [0, 0.05) is 19.3 Å². The number of ether oxygens (including phenoxy) is 1. The van der Waals surface area contributed by atoms with Gasteiger partial charge in [-0.3, -0.25) is 0 Å². The van der Waals surface area contributed by atoms with Crippen molar-refractivity contribution in [3.05, 3.63) is 18.0 Å². The van der Waals surface area contributed by atoms with E-state index in [1.54, 1.807) is 12.3 Å². The van der Waals surface area contributed by atoms with Crippen LogP contribution >= 0.6 is 0 Å². The van der Waals surface area contributed by atoms with Crippen LogP contribution in [0.5, 0.6) is 0 Å². The Morgan fingerprint density at radius 1 is 1.25 bits per heavy atom. The predicted octanol–water partition coefficient (Wildman–Crippen LogP) is 2.77. The van der Waals surface area contributed by atoms with E-state index in [0.29, 0.717) is 13.2 Å². The molecule has 1 aromatic rings. The smallest absolute Gasteiger partial charge is 0.124 e. The van der Waals surface area contributed by atoms with Gasteiger partial charge in [-0.05, 0) is 12.8 Å². The molecule has 1 heterocycles. The van der Waals surface area contributed by atoms with Gasteiger partial charge in [-0.1, -0.05) is 31.8 Å². The number of rotatable bonds is 8. The lowest BCUT2D eigenvalue weighted by Gasteiger charge is -2.01. The number of nitrogens with zero attached hydrogens (tertiary/aromatic N) is 1. The van der Waals surface area contributed by atoms with Crippen molar-refractivity contribution in [2.24, 2.45) is 0 Å². The number of aliphatic hydroxyl groups excluding tert-OH is 1. The molecule has 4 heteroatoms. The summed E-state index contributed by atoms with van der Waals surface area (Å²) >= 11 is 0. The molecule has 0 saturated heterocycles. The number of hydrogen-bond donors (Lipinski definition) is 1. The van der Waals surface area contributed by atoms with E-state index in [9.17, 15) is 0 Å². The number of aliphatic hydroxyl groups is 1. The summed E-state index contributed by atoms with van der Waals surface area (Å²) in [6.07, 6.45) is 5.66. The minimum absolute atomic E-state index is 0.291. The van der Waals surface area contributed by atoms with Crippen molar-refractivity contribution in [2.75, 3.05) is 13.2 Å². The van der Waals surface area contributed by atoms with Crippen LogP contribution in [-0.2, 0) is 11.3 Å². The first-order chi connectivity index (χ1) is 7.93. The molecule has 0 amide bonds. The van der Waals surface area contributed by atoms with Crippen molar-refractivity contribution in [2.45, 2.75) is 46.1 Å². The van der Waals surface area contributed by atoms with Gasteiger partial charge in [-0.25, -0.2) is 0 Å². The molecule has 0 aliphatic carbocycles. The van der Waals surface area contributed by atoms with E-state index >= 15 is 0 Å². The van der Waals surface area contributed by atoms with Crippen LogP contribution in [0, 0.1) is 0 Å². The minimum Gasteiger partial charge on any atom is -0.396 e. The van der Waals surface area contributed by atoms with Crippen LogP contribution in [0.1, 0.15) is 45.2 Å². The fourth-order valence-electron chi connectivity index (χ4n) is 1.16. The highest BCUT2D eigenvalue weighted by molar-refractivity contribution is 4.92. The van der Waals surface area contributed by atoms with Gasteiger partial charge in [-0.2, -0.15) is 0 Å². The SMILES string of the molecule is CC.OCCCCCCOCc1ccon1. The van der Waals surface area contributed by atoms with Gasteiger partial charge in [0.05, 0.1) is 6.61 Å². The second-order valence-electron chi connectivity index (χ2n) is 3.18. The van der Waals surface area contributed by atoms with Crippen molar-refractivity contribution in [1.82, 2.24) is 5.16 Å². The molecule has 4 nitrogen and oxygen atoms in total. The average Bonchev–Trinajstić information content (AvgIpc) is 2.84. The maximum atomic E-state index is 8.54. The molecule has 0 aromatic carbocycles. The maximum absolute atomic E-state index is 8.54. The minimum atomic E-state index is 0.291. The quantitative estimate of drug-likeness (QED) is 0.696. The van der Waals surface area contributed by atoms with Gasteiger partial charge in [0.25, 0.3) is 0 Å². The molecule has 1 rings (SSSR count). The summed E-state index contributed by atoms with van der Waals surface area (Å²) in [7, 11) is 0. The molecule has 0 radical (unpaired) electrons. The van der Waals surface area contributed by atoms with Crippen LogP contribution in [0.3, 0.4) is 0 Å². The second-order valence-corrected chi connectivity index (χ2v) is 3.18. The van der Waals surface area contributed by atoms with Crippen molar-refractivity contribution >= 4 is 0 Å². The monoisotopic (exact) mass is 229 g/mol. The van der Waals surface area contributed by atoms with Crippen molar-refractivity contribution in [3.63, 3.8) is 0 Å². The molecule has 1 aromatic heterocycles. The Bertz CT molecular complexity index is 212. The number of hydrogen-bond acceptors (Lipinski definition) is 4. The molecule has 1 N–H and O–H groups in total. The van der Waals surface area contributed by atoms with Crippen LogP contribution in [0.15, 0.2) is 16.9 Å². The zero-order chi connectivity index (χ0) is 12.1. The lowest BCUT2D eigenvalue weighted by molar-refractivity contribution is 0.111. The second kappa shape index (κ2) is 12.2. The van der Waals surface area contributed by atoms with Crippen LogP contribution in [0.4, 0.5) is 0 Å². The summed E-state index contributed by atoms with van der Waals surface area (Å²) < 4.78 is 10.0. The summed E-state index contributed by atoms with van der Waals surface area (Å²) in [4.78, 5) is 0. The largest absolute Gasteiger partial charge is 0.396 e. The Hall–Kier alpha value is -0.870. The van der Waals surface area contributed by atoms with Crippen molar-refractivity contribution in [3.8, 4) is 0 Å². The van der Waals surface area contributed by atoms with Gasteiger partial charge < -0.3 is 14.4 Å². The van der Waals surface area contributed by atoms with Crippen molar-refractivity contribution < 1.29 is 14.4 Å². The van der Waals surface area contributed by atoms with Gasteiger partial charge in [0.1, 0.15) is 12.0 Å². The van der Waals surface area contributed by atoms with E-state index in [4.69, 9.17) is 9.84 Å². The summed E-state index contributed by atoms with van der Waals surface area (Å²) in [6, 6.07) is 1.80. The third-order valence-corrected chi connectivity index (χ3v) is 1.94. The fraction of sp³-hybridized carbons (Fsp3) is 0.750. The molecule has 94 valence electrons. The first-order valence-electron chi connectivity index (χ1n) is 6.01. The Kier molecular flexibility index (Phi) is 11.5. The normalized spacial score (nSPS) is 9.69. The first-order valence-corrected chi connectivity index (χ1v) is 6.01. The Morgan fingerprint density at radius 2 is 2.00 bits per heavy atom. The Balaban J connectivity index is 0.00000106. The van der Waals surface area contributed by atoms with Crippen LogP contribution in [0.2, 0.25) is 0 Å². The lowest BCUT2D eigenvalue weighted by atomic mass is 10.2. The molecule has 0 saturated carbocycles. The predicted molar refractivity (Wildman–Crippen MR) is 63.1 cm³/mol. The highest BCUT2D eigenvalue weighted by Gasteiger charge is 1.95. The molecular weight excluding hydrogens is 206 g/mol. The lowest BCUT2D eigenvalue weighted by Crippen LogP contribution is -1.96. The van der Waals surface area contributed by atoms with Gasteiger partial charge in [0.15, 0.2) is 0 Å². The molecule has 0 bridgehead atoms. The van der Waals surface area contributed by atoms with Gasteiger partial charge >= 0.3 is 0 Å². The average molecular weight is 229 g/mol. The van der Waals surface area contributed by atoms with Crippen molar-refractivity contribution in [1.29, 1.82) is 0 Å². The molecule has 0 aliphatic heterocycles. The standard InChI is InChI=1S/C10H17NO3.C2H6/c12-6-3-1-2-4-7-13-9-10-5-8-14-11-10;1-2/h5,8,12H,1-4,6-7,9H2;1-2H3. The molecule has 0 unspecified atom stereocenters. The number of aromatic nitrogens is 1. The van der Waals surface area contributed by atoms with Crippen LogP contribution < -0.4 is 0 Å². The highest BCUT2D eigenvalue weighted by atomic mass is 16.5. The summed E-state index contributed by atoms with van der Waals surface area (Å²) in [5, 5.41) is 12.3. The molecule has 0 spiro atoms. The first kappa shape index (κ1) is 15.1. The van der Waals surface area contributed by atoms with E-state index < -0.39 is 0 Å². The molecule has 0 atom stereocenters. The molecule has 16 heavy (non-hydrogen) atoms. The van der Waals surface area contributed by atoms with Gasteiger partial charge in [0.2, 0.25) is 0 Å². The summed E-state index contributed by atoms with van der Waals surface area (Å²) in [5.41, 5.74) is 0.834. The van der Waals surface area contributed by atoms with Crippen LogP contribution in [0.25, 0.3) is 0 Å². The van der Waals surface area contributed by atoms with Crippen LogP contribution in [-0.4, -0.2) is 23.5 Å². The zero-order valence-electron chi connectivity index (χ0n) is 10.3. The highest BCUT2D eigenvalue weighted by Crippen LogP contribution is 2.01. The summed E-state index contributed by atoms with van der Waals surface area (Å²) in [6.45, 7) is 5.56. The third-order valence-electron chi connectivity index (χ3n) is 1.94. The Morgan fingerprint density at radius 3 is 2.62 bits per heavy atom. The fourth-order valence-corrected chi connectivity index (χ4v) is 1.16. The maximum Gasteiger partial charge on any atom is 0.124 e. The van der Waals surface area contributed by atoms with E-state index in [-0.39, 0.29) is 0 Å². The topological polar surface area (TPSA) is 55.5 Å². The van der Waals surface area contributed by atoms with E-state index in [1.807, 2.05) is 13.8 Å². The molecule has 0 fully saturated rings. The molecule has 0 aliphatic rings. The number of unbranched alkanes of at least 4 members (excludes halogenated alkanes) is 3. The van der Waals surface area contributed by atoms with E-state index in [0.717, 1.165) is 38.0 Å². The van der Waals surface area contributed by atoms with Gasteiger partial charge in [-0.15, -0.1) is 0 Å². The van der Waals surface area contributed by atoms with E-state index in [1.165, 1.54) is 0 Å². The summed E-state index contributed by atoms with van der Waals surface area (Å²) in [5.74, 6) is 0. The Labute approximate surface area is 97.6 Å². The zero-order valence-corrected chi connectivity index (χ0v) is 10.3. The third kappa shape index (κ3) is 8.44.